The van der Waals surface area contributed by atoms with E-state index in [1.165, 1.54) is 0 Å². The summed E-state index contributed by atoms with van der Waals surface area (Å²) in [6.45, 7) is 2.43. The quantitative estimate of drug-likeness (QED) is 0.893. The molecular formula is C14H14ClNO. The first kappa shape index (κ1) is 12.0. The predicted molar refractivity (Wildman–Crippen MR) is 70.6 cm³/mol. The topological polar surface area (TPSA) is 35.2 Å². The van der Waals surface area contributed by atoms with Crippen molar-refractivity contribution in [2.75, 3.05) is 0 Å². The summed E-state index contributed by atoms with van der Waals surface area (Å²) >= 11 is 5.90. The van der Waals surface area contributed by atoms with Crippen molar-refractivity contribution >= 4 is 11.6 Å². The third-order valence-electron chi connectivity index (χ3n) is 2.55. The summed E-state index contributed by atoms with van der Waals surface area (Å²) in [5.41, 5.74) is 7.66. The number of hydrogen-bond acceptors (Lipinski definition) is 2. The maximum atomic E-state index is 5.90. The molecule has 0 radical (unpaired) electrons. The Labute approximate surface area is 106 Å². The molecule has 0 amide bonds. The summed E-state index contributed by atoms with van der Waals surface area (Å²) in [4.78, 5) is 0. The van der Waals surface area contributed by atoms with Crippen LogP contribution in [0.2, 0.25) is 5.02 Å². The van der Waals surface area contributed by atoms with Crippen LogP contribution >= 0.6 is 11.6 Å². The van der Waals surface area contributed by atoms with Gasteiger partial charge in [-0.15, -0.1) is 0 Å². The van der Waals surface area contributed by atoms with E-state index in [0.29, 0.717) is 11.6 Å². The van der Waals surface area contributed by atoms with E-state index in [1.807, 2.05) is 49.4 Å². The average molecular weight is 248 g/mol. The molecule has 88 valence electrons. The molecule has 0 aliphatic heterocycles. The highest BCUT2D eigenvalue weighted by molar-refractivity contribution is 6.30. The molecule has 0 aliphatic carbocycles. The van der Waals surface area contributed by atoms with E-state index < -0.39 is 0 Å². The molecule has 17 heavy (non-hydrogen) atoms. The van der Waals surface area contributed by atoms with E-state index in [4.69, 9.17) is 22.1 Å². The van der Waals surface area contributed by atoms with E-state index in [-0.39, 0.29) is 0 Å². The molecule has 0 fully saturated rings. The summed E-state index contributed by atoms with van der Waals surface area (Å²) in [7, 11) is 0. The highest BCUT2D eigenvalue weighted by atomic mass is 35.5. The zero-order chi connectivity index (χ0) is 12.3. The minimum atomic E-state index is 0.461. The molecule has 0 heterocycles. The van der Waals surface area contributed by atoms with Crippen molar-refractivity contribution in [2.24, 2.45) is 5.73 Å². The van der Waals surface area contributed by atoms with Crippen LogP contribution in [0.5, 0.6) is 11.5 Å². The Morgan fingerprint density at radius 1 is 1.12 bits per heavy atom. The molecule has 2 aromatic rings. The Kier molecular flexibility index (Phi) is 3.67. The van der Waals surface area contributed by atoms with Crippen molar-refractivity contribution < 1.29 is 4.74 Å². The minimum absolute atomic E-state index is 0.461. The number of hydrogen-bond donors (Lipinski definition) is 1. The van der Waals surface area contributed by atoms with Gasteiger partial charge in [0.2, 0.25) is 0 Å². The lowest BCUT2D eigenvalue weighted by molar-refractivity contribution is 0.473. The van der Waals surface area contributed by atoms with Gasteiger partial charge in [0, 0.05) is 17.1 Å². The van der Waals surface area contributed by atoms with Gasteiger partial charge in [0.05, 0.1) is 0 Å². The zero-order valence-corrected chi connectivity index (χ0v) is 10.4. The first-order valence-electron chi connectivity index (χ1n) is 5.42. The van der Waals surface area contributed by atoms with Crippen LogP contribution in [0.4, 0.5) is 0 Å². The molecule has 2 rings (SSSR count). The van der Waals surface area contributed by atoms with Crippen molar-refractivity contribution in [1.82, 2.24) is 0 Å². The van der Waals surface area contributed by atoms with Gasteiger partial charge in [-0.1, -0.05) is 29.8 Å². The van der Waals surface area contributed by atoms with Gasteiger partial charge in [0.25, 0.3) is 0 Å². The Balaban J connectivity index is 2.31. The van der Waals surface area contributed by atoms with Gasteiger partial charge in [0.15, 0.2) is 0 Å². The third kappa shape index (κ3) is 2.78. The van der Waals surface area contributed by atoms with Crippen LogP contribution in [0, 0.1) is 6.92 Å². The van der Waals surface area contributed by atoms with Gasteiger partial charge >= 0.3 is 0 Å². The Hall–Kier alpha value is -1.51. The standard InChI is InChI=1S/C14H14ClNO/c1-10-8-12(15)6-7-13(10)17-14-5-3-2-4-11(14)9-16/h2-8H,9,16H2,1H3. The number of para-hydroxylation sites is 1. The second-order valence-electron chi connectivity index (χ2n) is 3.82. The number of rotatable bonds is 3. The molecule has 2 nitrogen and oxygen atoms in total. The van der Waals surface area contributed by atoms with E-state index in [1.54, 1.807) is 0 Å². The second kappa shape index (κ2) is 5.21. The fourth-order valence-corrected chi connectivity index (χ4v) is 1.84. The highest BCUT2D eigenvalue weighted by Crippen LogP contribution is 2.29. The van der Waals surface area contributed by atoms with Gasteiger partial charge in [-0.3, -0.25) is 0 Å². The molecular weight excluding hydrogens is 234 g/mol. The normalized spacial score (nSPS) is 10.3. The molecule has 0 aliphatic rings. The number of benzene rings is 2. The van der Waals surface area contributed by atoms with E-state index in [0.717, 1.165) is 22.6 Å². The van der Waals surface area contributed by atoms with Crippen LogP contribution < -0.4 is 10.5 Å². The summed E-state index contributed by atoms with van der Waals surface area (Å²) in [6, 6.07) is 13.3. The monoisotopic (exact) mass is 247 g/mol. The van der Waals surface area contributed by atoms with Gasteiger partial charge in [-0.2, -0.15) is 0 Å². The first-order valence-corrected chi connectivity index (χ1v) is 5.80. The summed E-state index contributed by atoms with van der Waals surface area (Å²) in [6.07, 6.45) is 0. The Morgan fingerprint density at radius 3 is 2.59 bits per heavy atom. The molecule has 0 spiro atoms. The number of aryl methyl sites for hydroxylation is 1. The number of ether oxygens (including phenoxy) is 1. The molecule has 0 unspecified atom stereocenters. The van der Waals surface area contributed by atoms with Crippen molar-refractivity contribution in [2.45, 2.75) is 13.5 Å². The van der Waals surface area contributed by atoms with Crippen LogP contribution in [0.15, 0.2) is 42.5 Å². The molecule has 0 aromatic heterocycles. The molecule has 2 aromatic carbocycles. The lowest BCUT2D eigenvalue weighted by Crippen LogP contribution is -1.99. The molecule has 3 heteroatoms. The molecule has 0 bridgehead atoms. The lowest BCUT2D eigenvalue weighted by atomic mass is 10.2. The second-order valence-corrected chi connectivity index (χ2v) is 4.26. The zero-order valence-electron chi connectivity index (χ0n) is 9.61. The number of halogens is 1. The average Bonchev–Trinajstić information content (AvgIpc) is 2.33. The number of nitrogens with two attached hydrogens (primary N) is 1. The summed E-state index contributed by atoms with van der Waals surface area (Å²) in [5, 5.41) is 0.710. The minimum Gasteiger partial charge on any atom is -0.457 e. The van der Waals surface area contributed by atoms with Gasteiger partial charge in [-0.25, -0.2) is 0 Å². The van der Waals surface area contributed by atoms with Crippen LogP contribution in [-0.4, -0.2) is 0 Å². The van der Waals surface area contributed by atoms with Gasteiger partial charge in [-0.05, 0) is 36.8 Å². The maximum absolute atomic E-state index is 5.90. The summed E-state index contributed by atoms with van der Waals surface area (Å²) < 4.78 is 5.85. The lowest BCUT2D eigenvalue weighted by Gasteiger charge is -2.11. The highest BCUT2D eigenvalue weighted by Gasteiger charge is 2.05. The predicted octanol–water partition coefficient (Wildman–Crippen LogP) is 3.90. The fraction of sp³-hybridized carbons (Fsp3) is 0.143. The van der Waals surface area contributed by atoms with Crippen molar-refractivity contribution in [3.63, 3.8) is 0 Å². The van der Waals surface area contributed by atoms with Crippen molar-refractivity contribution in [3.8, 4) is 11.5 Å². The van der Waals surface area contributed by atoms with Crippen LogP contribution in [0.1, 0.15) is 11.1 Å². The Bertz CT molecular complexity index is 525. The van der Waals surface area contributed by atoms with Gasteiger partial charge < -0.3 is 10.5 Å². The fourth-order valence-electron chi connectivity index (χ4n) is 1.62. The van der Waals surface area contributed by atoms with E-state index in [2.05, 4.69) is 0 Å². The van der Waals surface area contributed by atoms with Crippen LogP contribution in [0.3, 0.4) is 0 Å². The smallest absolute Gasteiger partial charge is 0.131 e. The van der Waals surface area contributed by atoms with Crippen LogP contribution in [-0.2, 0) is 6.54 Å². The van der Waals surface area contributed by atoms with Crippen molar-refractivity contribution in [3.05, 3.63) is 58.6 Å². The summed E-state index contributed by atoms with van der Waals surface area (Å²) in [5.74, 6) is 1.59. The van der Waals surface area contributed by atoms with E-state index in [9.17, 15) is 0 Å². The molecule has 2 N–H and O–H groups in total. The van der Waals surface area contributed by atoms with Crippen molar-refractivity contribution in [1.29, 1.82) is 0 Å². The van der Waals surface area contributed by atoms with E-state index >= 15 is 0 Å². The Morgan fingerprint density at radius 2 is 1.88 bits per heavy atom. The molecule has 0 atom stereocenters. The maximum Gasteiger partial charge on any atom is 0.131 e. The third-order valence-corrected chi connectivity index (χ3v) is 2.78. The SMILES string of the molecule is Cc1cc(Cl)ccc1Oc1ccccc1CN. The molecule has 0 saturated carbocycles. The first-order chi connectivity index (χ1) is 8.20. The van der Waals surface area contributed by atoms with Crippen LogP contribution in [0.25, 0.3) is 0 Å². The van der Waals surface area contributed by atoms with Gasteiger partial charge in [0.1, 0.15) is 11.5 Å². The largest absolute Gasteiger partial charge is 0.457 e. The molecule has 0 saturated heterocycles.